The van der Waals surface area contributed by atoms with Gasteiger partial charge in [-0.1, -0.05) is 37.3 Å². The van der Waals surface area contributed by atoms with E-state index in [9.17, 15) is 4.79 Å². The lowest BCUT2D eigenvalue weighted by atomic mass is 10.0. The molecule has 0 fully saturated rings. The molecule has 0 bridgehead atoms. The summed E-state index contributed by atoms with van der Waals surface area (Å²) in [4.78, 5) is 14.4. The molecule has 1 atom stereocenters. The number of rotatable bonds is 9. The Bertz CT molecular complexity index is 904. The van der Waals surface area contributed by atoms with E-state index < -0.39 is 0 Å². The lowest BCUT2D eigenvalue weighted by Gasteiger charge is -2.19. The van der Waals surface area contributed by atoms with Gasteiger partial charge in [0.25, 0.3) is 0 Å². The number of carbonyl (C=O) groups excluding carboxylic acids is 1. The van der Waals surface area contributed by atoms with Crippen molar-refractivity contribution in [3.8, 4) is 0 Å². The molecule has 3 aromatic rings. The minimum atomic E-state index is 0.0134. The van der Waals surface area contributed by atoms with Crippen LogP contribution in [0.5, 0.6) is 0 Å². The zero-order chi connectivity index (χ0) is 19.9. The van der Waals surface area contributed by atoms with Crippen LogP contribution in [0.25, 0.3) is 5.65 Å². The van der Waals surface area contributed by atoms with Gasteiger partial charge < -0.3 is 10.2 Å². The van der Waals surface area contributed by atoms with Gasteiger partial charge in [0.05, 0.1) is 0 Å². The van der Waals surface area contributed by atoms with Crippen LogP contribution in [0.15, 0.2) is 42.5 Å². The third-order valence-electron chi connectivity index (χ3n) is 4.95. The summed E-state index contributed by atoms with van der Waals surface area (Å²) in [6.07, 6.45) is 0.862. The van der Waals surface area contributed by atoms with Crippen LogP contribution < -0.4 is 10.2 Å². The molecule has 1 aromatic carbocycles. The summed E-state index contributed by atoms with van der Waals surface area (Å²) in [5, 5.41) is 16.0. The van der Waals surface area contributed by atoms with E-state index in [2.05, 4.69) is 58.4 Å². The molecule has 7 nitrogen and oxygen atoms in total. The Morgan fingerprint density at radius 2 is 1.86 bits per heavy atom. The number of fused-ring (bicyclic) bond motifs is 1. The second-order valence-corrected chi connectivity index (χ2v) is 6.87. The summed E-state index contributed by atoms with van der Waals surface area (Å²) in [7, 11) is 0. The third kappa shape index (κ3) is 4.65. The number of amides is 1. The Morgan fingerprint density at radius 1 is 1.11 bits per heavy atom. The molecule has 0 saturated heterocycles. The molecule has 1 amide bonds. The van der Waals surface area contributed by atoms with Crippen molar-refractivity contribution in [3.05, 3.63) is 53.9 Å². The van der Waals surface area contributed by atoms with Gasteiger partial charge in [-0.05, 0) is 37.5 Å². The van der Waals surface area contributed by atoms with Gasteiger partial charge in [-0.2, -0.15) is 4.52 Å². The van der Waals surface area contributed by atoms with Crippen LogP contribution in [-0.4, -0.2) is 45.4 Å². The summed E-state index contributed by atoms with van der Waals surface area (Å²) in [6.45, 7) is 8.70. The zero-order valence-corrected chi connectivity index (χ0v) is 16.8. The summed E-state index contributed by atoms with van der Waals surface area (Å²) >= 11 is 0. The molecule has 0 unspecified atom stereocenters. The van der Waals surface area contributed by atoms with Gasteiger partial charge in [0.15, 0.2) is 11.5 Å². The van der Waals surface area contributed by atoms with Gasteiger partial charge in [-0.25, -0.2) is 0 Å². The highest BCUT2D eigenvalue weighted by Crippen LogP contribution is 2.14. The van der Waals surface area contributed by atoms with E-state index in [1.54, 1.807) is 4.52 Å². The van der Waals surface area contributed by atoms with Gasteiger partial charge in [0, 0.05) is 32.5 Å². The fraction of sp³-hybridized carbons (Fsp3) is 0.429. The standard InChI is InChI=1S/C21H28N6O/c1-4-26(5-2)20-12-11-18-23-24-19(27(18)25-20)13-14-21(28)22-15-16(3)17-9-7-6-8-10-17/h6-12,16H,4-5,13-15H2,1-3H3,(H,22,28)/t16-/m0/s1. The van der Waals surface area contributed by atoms with E-state index in [0.29, 0.717) is 30.9 Å². The van der Waals surface area contributed by atoms with Crippen molar-refractivity contribution in [3.63, 3.8) is 0 Å². The molecular formula is C21H28N6O. The van der Waals surface area contributed by atoms with Crippen LogP contribution in [0.4, 0.5) is 5.82 Å². The lowest BCUT2D eigenvalue weighted by molar-refractivity contribution is -0.121. The van der Waals surface area contributed by atoms with Crippen molar-refractivity contribution in [1.29, 1.82) is 0 Å². The number of benzene rings is 1. The molecule has 0 aliphatic heterocycles. The second kappa shape index (κ2) is 9.30. The smallest absolute Gasteiger partial charge is 0.220 e. The topological polar surface area (TPSA) is 75.4 Å². The van der Waals surface area contributed by atoms with Gasteiger partial charge in [0.2, 0.25) is 5.91 Å². The van der Waals surface area contributed by atoms with Crippen molar-refractivity contribution >= 4 is 17.4 Å². The number of aryl methyl sites for hydroxylation is 1. The van der Waals surface area contributed by atoms with E-state index in [1.165, 1.54) is 5.56 Å². The maximum Gasteiger partial charge on any atom is 0.220 e. The number of nitrogens with zero attached hydrogens (tertiary/aromatic N) is 5. The number of carbonyl (C=O) groups is 1. The zero-order valence-electron chi connectivity index (χ0n) is 16.8. The second-order valence-electron chi connectivity index (χ2n) is 6.87. The Balaban J connectivity index is 1.58. The highest BCUT2D eigenvalue weighted by Gasteiger charge is 2.13. The Hall–Kier alpha value is -2.96. The van der Waals surface area contributed by atoms with E-state index >= 15 is 0 Å². The van der Waals surface area contributed by atoms with Gasteiger partial charge in [-0.15, -0.1) is 15.3 Å². The molecule has 148 valence electrons. The Kier molecular flexibility index (Phi) is 6.57. The van der Waals surface area contributed by atoms with Crippen molar-refractivity contribution < 1.29 is 4.79 Å². The number of hydrogen-bond acceptors (Lipinski definition) is 5. The first-order valence-corrected chi connectivity index (χ1v) is 9.90. The van der Waals surface area contributed by atoms with Crippen molar-refractivity contribution in [2.45, 2.75) is 39.5 Å². The summed E-state index contributed by atoms with van der Waals surface area (Å²) in [5.74, 6) is 1.88. The van der Waals surface area contributed by atoms with Gasteiger partial charge in [-0.3, -0.25) is 4.79 Å². The van der Waals surface area contributed by atoms with E-state index in [-0.39, 0.29) is 11.8 Å². The van der Waals surface area contributed by atoms with Crippen molar-refractivity contribution in [1.82, 2.24) is 25.1 Å². The first-order chi connectivity index (χ1) is 13.6. The lowest BCUT2D eigenvalue weighted by Crippen LogP contribution is -2.28. The monoisotopic (exact) mass is 380 g/mol. The maximum atomic E-state index is 12.3. The van der Waals surface area contributed by atoms with Crippen LogP contribution in [0.2, 0.25) is 0 Å². The fourth-order valence-corrected chi connectivity index (χ4v) is 3.18. The average molecular weight is 380 g/mol. The van der Waals surface area contributed by atoms with Gasteiger partial charge in [0.1, 0.15) is 5.82 Å². The van der Waals surface area contributed by atoms with E-state index in [4.69, 9.17) is 0 Å². The summed E-state index contributed by atoms with van der Waals surface area (Å²) in [5.41, 5.74) is 1.92. The normalized spacial score (nSPS) is 12.1. The molecule has 28 heavy (non-hydrogen) atoms. The van der Waals surface area contributed by atoms with Crippen LogP contribution >= 0.6 is 0 Å². The largest absolute Gasteiger partial charge is 0.356 e. The molecule has 0 saturated carbocycles. The average Bonchev–Trinajstić information content (AvgIpc) is 3.14. The minimum Gasteiger partial charge on any atom is -0.356 e. The predicted molar refractivity (Wildman–Crippen MR) is 111 cm³/mol. The molecule has 2 heterocycles. The first-order valence-electron chi connectivity index (χ1n) is 9.90. The Morgan fingerprint density at radius 3 is 2.57 bits per heavy atom. The molecule has 0 aliphatic rings. The van der Waals surface area contributed by atoms with Gasteiger partial charge >= 0.3 is 0 Å². The van der Waals surface area contributed by atoms with Crippen LogP contribution in [0.1, 0.15) is 44.5 Å². The predicted octanol–water partition coefficient (Wildman–Crippen LogP) is 2.82. The Labute approximate surface area is 165 Å². The maximum absolute atomic E-state index is 12.3. The minimum absolute atomic E-state index is 0.0134. The number of hydrogen-bond donors (Lipinski definition) is 1. The SMILES string of the molecule is CCN(CC)c1ccc2nnc(CCC(=O)NC[C@H](C)c3ccccc3)n2n1. The van der Waals surface area contributed by atoms with E-state index in [1.807, 2.05) is 30.3 Å². The molecule has 1 N–H and O–H groups in total. The quantitative estimate of drug-likeness (QED) is 0.618. The van der Waals surface area contributed by atoms with Crippen LogP contribution in [-0.2, 0) is 11.2 Å². The highest BCUT2D eigenvalue weighted by molar-refractivity contribution is 5.76. The summed E-state index contributed by atoms with van der Waals surface area (Å²) < 4.78 is 1.74. The molecule has 0 aliphatic carbocycles. The van der Waals surface area contributed by atoms with Crippen molar-refractivity contribution in [2.75, 3.05) is 24.5 Å². The number of aromatic nitrogens is 4. The molecule has 3 rings (SSSR count). The van der Waals surface area contributed by atoms with Crippen LogP contribution in [0.3, 0.4) is 0 Å². The molecule has 7 heteroatoms. The molecular weight excluding hydrogens is 352 g/mol. The van der Waals surface area contributed by atoms with E-state index in [0.717, 1.165) is 18.9 Å². The fourth-order valence-electron chi connectivity index (χ4n) is 3.18. The highest BCUT2D eigenvalue weighted by atomic mass is 16.1. The van der Waals surface area contributed by atoms with Crippen LogP contribution in [0, 0.1) is 0 Å². The molecule has 0 spiro atoms. The first kappa shape index (κ1) is 19.8. The summed E-state index contributed by atoms with van der Waals surface area (Å²) in [6, 6.07) is 14.1. The third-order valence-corrected chi connectivity index (χ3v) is 4.95. The molecule has 0 radical (unpaired) electrons. The number of anilines is 1. The van der Waals surface area contributed by atoms with Crippen molar-refractivity contribution in [2.24, 2.45) is 0 Å². The number of nitrogens with one attached hydrogen (secondary N) is 1. The molecule has 2 aromatic heterocycles.